The van der Waals surface area contributed by atoms with E-state index in [9.17, 15) is 18.0 Å². The Morgan fingerprint density at radius 3 is 2.16 bits per heavy atom. The number of aldehydes is 1. The third-order valence-corrected chi connectivity index (χ3v) is 3.55. The largest absolute Gasteiger partial charge is 0.416 e. The third-order valence-electron chi connectivity index (χ3n) is 2.46. The highest BCUT2D eigenvalue weighted by atomic mass is 32.2. The average molecular weight is 282 g/mol. The molecule has 1 nitrogen and oxygen atoms in total. The normalized spacial score (nSPS) is 11.3. The van der Waals surface area contributed by atoms with Gasteiger partial charge in [0.25, 0.3) is 0 Å². The van der Waals surface area contributed by atoms with Gasteiger partial charge in [0, 0.05) is 15.4 Å². The van der Waals surface area contributed by atoms with Crippen molar-refractivity contribution in [1.29, 1.82) is 0 Å². The number of benzene rings is 2. The molecule has 98 valence electrons. The molecular weight excluding hydrogens is 273 g/mol. The fourth-order valence-electron chi connectivity index (χ4n) is 1.51. The molecule has 0 aliphatic rings. The number of carbonyl (C=O) groups excluding carboxylic acids is 1. The summed E-state index contributed by atoms with van der Waals surface area (Å²) >= 11 is 1.26. The van der Waals surface area contributed by atoms with Gasteiger partial charge in [-0.2, -0.15) is 13.2 Å². The molecule has 0 aliphatic carbocycles. The number of hydrogen-bond acceptors (Lipinski definition) is 2. The van der Waals surface area contributed by atoms with E-state index in [0.717, 1.165) is 23.3 Å². The van der Waals surface area contributed by atoms with E-state index in [0.29, 0.717) is 10.5 Å². The van der Waals surface area contributed by atoms with Crippen LogP contribution in [0.1, 0.15) is 15.9 Å². The van der Waals surface area contributed by atoms with Crippen molar-refractivity contribution < 1.29 is 18.0 Å². The second kappa shape index (κ2) is 5.48. The molecule has 0 N–H and O–H groups in total. The second-order valence-electron chi connectivity index (χ2n) is 3.78. The summed E-state index contributed by atoms with van der Waals surface area (Å²) in [6.45, 7) is 0. The number of carbonyl (C=O) groups is 1. The number of hydrogen-bond donors (Lipinski definition) is 0. The highest BCUT2D eigenvalue weighted by Crippen LogP contribution is 2.33. The van der Waals surface area contributed by atoms with Crippen LogP contribution in [0.25, 0.3) is 0 Å². The smallest absolute Gasteiger partial charge is 0.298 e. The van der Waals surface area contributed by atoms with Gasteiger partial charge in [0.1, 0.15) is 0 Å². The summed E-state index contributed by atoms with van der Waals surface area (Å²) in [6, 6.07) is 11.8. The van der Waals surface area contributed by atoms with Crippen LogP contribution in [0.4, 0.5) is 13.2 Å². The molecule has 0 bridgehead atoms. The molecule has 2 aromatic carbocycles. The quantitative estimate of drug-likeness (QED) is 0.761. The summed E-state index contributed by atoms with van der Waals surface area (Å²) in [4.78, 5) is 12.2. The zero-order chi connectivity index (χ0) is 13.9. The summed E-state index contributed by atoms with van der Waals surface area (Å²) in [5.74, 6) is 0. The topological polar surface area (TPSA) is 17.1 Å². The summed E-state index contributed by atoms with van der Waals surface area (Å²) in [5.41, 5.74) is -0.159. The Labute approximate surface area is 112 Å². The van der Waals surface area contributed by atoms with E-state index < -0.39 is 11.7 Å². The predicted octanol–water partition coefficient (Wildman–Crippen LogP) is 4.67. The van der Waals surface area contributed by atoms with Crippen LogP contribution in [0, 0.1) is 0 Å². The maximum Gasteiger partial charge on any atom is 0.416 e. The van der Waals surface area contributed by atoms with Crippen LogP contribution in [0.2, 0.25) is 0 Å². The maximum absolute atomic E-state index is 12.4. The lowest BCUT2D eigenvalue weighted by atomic mass is 10.2. The molecule has 0 atom stereocenters. The first kappa shape index (κ1) is 13.7. The van der Waals surface area contributed by atoms with Gasteiger partial charge in [-0.15, -0.1) is 0 Å². The minimum absolute atomic E-state index is 0.521. The van der Waals surface area contributed by atoms with Crippen LogP contribution >= 0.6 is 11.8 Å². The fourth-order valence-corrected chi connectivity index (χ4v) is 2.42. The fraction of sp³-hybridized carbons (Fsp3) is 0.0714. The van der Waals surface area contributed by atoms with Gasteiger partial charge in [-0.3, -0.25) is 4.79 Å². The Kier molecular flexibility index (Phi) is 3.95. The van der Waals surface area contributed by atoms with Crippen molar-refractivity contribution in [2.24, 2.45) is 0 Å². The van der Waals surface area contributed by atoms with Gasteiger partial charge < -0.3 is 0 Å². The number of rotatable bonds is 3. The lowest BCUT2D eigenvalue weighted by Gasteiger charge is -2.08. The molecule has 0 heterocycles. The van der Waals surface area contributed by atoms with Gasteiger partial charge in [-0.25, -0.2) is 0 Å². The van der Waals surface area contributed by atoms with Crippen molar-refractivity contribution in [2.75, 3.05) is 0 Å². The number of alkyl halides is 3. The Balaban J connectivity index is 2.22. The zero-order valence-corrected chi connectivity index (χ0v) is 10.5. The van der Waals surface area contributed by atoms with Gasteiger partial charge in [0.15, 0.2) is 6.29 Å². The molecule has 0 fully saturated rings. The van der Waals surface area contributed by atoms with Crippen LogP contribution < -0.4 is 0 Å². The molecule has 0 saturated heterocycles. The summed E-state index contributed by atoms with van der Waals surface area (Å²) in [6.07, 6.45) is -3.60. The molecule has 0 saturated carbocycles. The van der Waals surface area contributed by atoms with E-state index in [1.165, 1.54) is 23.9 Å². The molecule has 0 unspecified atom stereocenters. The molecule has 0 spiro atoms. The summed E-state index contributed by atoms with van der Waals surface area (Å²) in [5, 5.41) is 0. The lowest BCUT2D eigenvalue weighted by Crippen LogP contribution is -2.03. The van der Waals surface area contributed by atoms with Crippen LogP contribution in [0.3, 0.4) is 0 Å². The van der Waals surface area contributed by atoms with Gasteiger partial charge in [-0.05, 0) is 30.3 Å². The standard InChI is InChI=1S/C14H9F3OS/c15-14(16,17)11-5-7-12(8-6-11)19-13-4-2-1-3-10(13)9-18/h1-9H. The van der Waals surface area contributed by atoms with Gasteiger partial charge >= 0.3 is 6.18 Å². The third kappa shape index (κ3) is 3.38. The highest BCUT2D eigenvalue weighted by Gasteiger charge is 2.29. The van der Waals surface area contributed by atoms with Crippen molar-refractivity contribution >= 4 is 18.0 Å². The Hall–Kier alpha value is -1.75. The number of halogens is 3. The average Bonchev–Trinajstić information content (AvgIpc) is 2.39. The minimum Gasteiger partial charge on any atom is -0.298 e. The Morgan fingerprint density at radius 1 is 0.947 bits per heavy atom. The van der Waals surface area contributed by atoms with Crippen LogP contribution in [0.15, 0.2) is 58.3 Å². The maximum atomic E-state index is 12.4. The van der Waals surface area contributed by atoms with Crippen molar-refractivity contribution in [3.63, 3.8) is 0 Å². The molecule has 0 aliphatic heterocycles. The molecule has 19 heavy (non-hydrogen) atoms. The van der Waals surface area contributed by atoms with E-state index >= 15 is 0 Å². The predicted molar refractivity (Wildman–Crippen MR) is 67.4 cm³/mol. The monoisotopic (exact) mass is 282 g/mol. The van der Waals surface area contributed by atoms with Gasteiger partial charge in [-0.1, -0.05) is 30.0 Å². The van der Waals surface area contributed by atoms with Gasteiger partial charge in [0.05, 0.1) is 5.56 Å². The Bertz CT molecular complexity index is 576. The first-order valence-electron chi connectivity index (χ1n) is 5.40. The first-order chi connectivity index (χ1) is 9.00. The van der Waals surface area contributed by atoms with Crippen molar-refractivity contribution in [3.8, 4) is 0 Å². The van der Waals surface area contributed by atoms with E-state index in [2.05, 4.69) is 0 Å². The molecule has 0 radical (unpaired) electrons. The highest BCUT2D eigenvalue weighted by molar-refractivity contribution is 7.99. The van der Waals surface area contributed by atoms with Crippen LogP contribution in [-0.2, 0) is 6.18 Å². The van der Waals surface area contributed by atoms with Crippen molar-refractivity contribution in [3.05, 3.63) is 59.7 Å². The van der Waals surface area contributed by atoms with E-state index in [1.807, 2.05) is 0 Å². The molecule has 0 amide bonds. The van der Waals surface area contributed by atoms with Gasteiger partial charge in [0.2, 0.25) is 0 Å². The zero-order valence-electron chi connectivity index (χ0n) is 9.65. The van der Waals surface area contributed by atoms with E-state index in [1.54, 1.807) is 24.3 Å². The molecule has 2 rings (SSSR count). The Morgan fingerprint density at radius 2 is 1.58 bits per heavy atom. The van der Waals surface area contributed by atoms with Crippen molar-refractivity contribution in [2.45, 2.75) is 16.0 Å². The van der Waals surface area contributed by atoms with Crippen molar-refractivity contribution in [1.82, 2.24) is 0 Å². The summed E-state index contributed by atoms with van der Waals surface area (Å²) in [7, 11) is 0. The molecule has 0 aromatic heterocycles. The van der Waals surface area contributed by atoms with E-state index in [4.69, 9.17) is 0 Å². The molecule has 5 heteroatoms. The second-order valence-corrected chi connectivity index (χ2v) is 4.90. The minimum atomic E-state index is -4.33. The summed E-state index contributed by atoms with van der Waals surface area (Å²) < 4.78 is 37.2. The van der Waals surface area contributed by atoms with Crippen LogP contribution in [-0.4, -0.2) is 6.29 Å². The first-order valence-corrected chi connectivity index (χ1v) is 6.21. The SMILES string of the molecule is O=Cc1ccccc1Sc1ccc(C(F)(F)F)cc1. The molecular formula is C14H9F3OS. The van der Waals surface area contributed by atoms with E-state index in [-0.39, 0.29) is 0 Å². The van der Waals surface area contributed by atoms with Crippen LogP contribution in [0.5, 0.6) is 0 Å². The lowest BCUT2D eigenvalue weighted by molar-refractivity contribution is -0.137. The molecule has 2 aromatic rings.